The molecule has 8 nitrogen and oxygen atoms in total. The lowest BCUT2D eigenvalue weighted by Gasteiger charge is -2.16. The highest BCUT2D eigenvalue weighted by atomic mass is 127. The molecule has 1 fully saturated rings. The molecule has 3 aromatic rings. The first-order valence-corrected chi connectivity index (χ1v) is 13.8. The van der Waals surface area contributed by atoms with Crippen molar-refractivity contribution in [1.29, 1.82) is 0 Å². The Morgan fingerprint density at radius 2 is 1.79 bits per heavy atom. The molecule has 14 heteroatoms. The van der Waals surface area contributed by atoms with Crippen LogP contribution in [0.5, 0.6) is 17.2 Å². The van der Waals surface area contributed by atoms with Gasteiger partial charge in [-0.15, -0.1) is 0 Å². The minimum absolute atomic E-state index is 0.0238. The van der Waals surface area contributed by atoms with Crippen LogP contribution in [0.15, 0.2) is 59.5 Å². The molecule has 0 spiro atoms. The maximum absolute atomic E-state index is 13.5. The van der Waals surface area contributed by atoms with E-state index >= 15 is 0 Å². The molecule has 0 radical (unpaired) electrons. The maximum atomic E-state index is 13.5. The largest absolute Gasteiger partial charge is 0.495 e. The molecule has 1 aliphatic heterocycles. The summed E-state index contributed by atoms with van der Waals surface area (Å²) in [6.07, 6.45) is -3.21. The van der Waals surface area contributed by atoms with Crippen LogP contribution in [-0.4, -0.2) is 42.7 Å². The minimum atomic E-state index is -4.66. The van der Waals surface area contributed by atoms with Gasteiger partial charge in [0.2, 0.25) is 5.91 Å². The summed E-state index contributed by atoms with van der Waals surface area (Å²) in [5.74, 6) is -1.34. The van der Waals surface area contributed by atoms with E-state index in [1.165, 1.54) is 32.4 Å². The SMILES string of the molecule is COc1ccc(C(F)(F)F)cc1NC(=O)CN1C(=O)S/C(=C\c2cc(I)c(OCc3cccc(F)c3)c(OC)c2)C1=O. The van der Waals surface area contributed by atoms with Crippen LogP contribution in [0.3, 0.4) is 0 Å². The molecule has 42 heavy (non-hydrogen) atoms. The highest BCUT2D eigenvalue weighted by Gasteiger charge is 2.37. The normalized spacial score (nSPS) is 14.4. The molecule has 0 aliphatic carbocycles. The van der Waals surface area contributed by atoms with Crippen molar-refractivity contribution in [2.24, 2.45) is 0 Å². The molecule has 3 aromatic carbocycles. The van der Waals surface area contributed by atoms with Crippen LogP contribution in [0.2, 0.25) is 0 Å². The predicted octanol–water partition coefficient (Wildman–Crippen LogP) is 6.72. The smallest absolute Gasteiger partial charge is 0.416 e. The molecule has 1 aliphatic rings. The van der Waals surface area contributed by atoms with Crippen molar-refractivity contribution in [2.45, 2.75) is 12.8 Å². The number of ether oxygens (including phenoxy) is 3. The lowest BCUT2D eigenvalue weighted by molar-refractivity contribution is -0.137. The van der Waals surface area contributed by atoms with Crippen molar-refractivity contribution in [3.63, 3.8) is 0 Å². The fourth-order valence-electron chi connectivity index (χ4n) is 3.85. The molecular formula is C28H21F4IN2O6S. The third kappa shape index (κ3) is 7.34. The van der Waals surface area contributed by atoms with Crippen LogP contribution in [-0.2, 0) is 22.4 Å². The highest BCUT2D eigenvalue weighted by molar-refractivity contribution is 14.1. The predicted molar refractivity (Wildman–Crippen MR) is 156 cm³/mol. The standard InChI is InChI=1S/C28H21F4IN2O6S/c1-39-21-7-6-17(28(30,31)32)12-20(21)34-24(36)13-35-26(37)23(42-27(35)38)11-16-9-19(33)25(22(10-16)40-2)41-14-15-4-3-5-18(29)8-15/h3-12H,13-14H2,1-2H3,(H,34,36)/b23-11-. The van der Waals surface area contributed by atoms with Gasteiger partial charge in [0.1, 0.15) is 24.7 Å². The highest BCUT2D eigenvalue weighted by Crippen LogP contribution is 2.38. The van der Waals surface area contributed by atoms with Crippen molar-refractivity contribution < 1.29 is 46.2 Å². The van der Waals surface area contributed by atoms with Crippen molar-refractivity contribution >= 4 is 63.2 Å². The van der Waals surface area contributed by atoms with E-state index in [4.69, 9.17) is 14.2 Å². The second-order valence-electron chi connectivity index (χ2n) is 8.68. The number of hydrogen-bond donors (Lipinski definition) is 1. The molecule has 0 atom stereocenters. The van der Waals surface area contributed by atoms with Gasteiger partial charge in [-0.2, -0.15) is 13.2 Å². The van der Waals surface area contributed by atoms with Gasteiger partial charge in [0.05, 0.1) is 33.9 Å². The number of benzene rings is 3. The molecule has 0 unspecified atom stereocenters. The van der Waals surface area contributed by atoms with Gasteiger partial charge in [-0.05, 0) is 94.0 Å². The average Bonchev–Trinajstić information content (AvgIpc) is 3.18. The number of amides is 3. The quantitative estimate of drug-likeness (QED) is 0.149. The Morgan fingerprint density at radius 3 is 2.45 bits per heavy atom. The molecule has 0 aromatic heterocycles. The van der Waals surface area contributed by atoms with E-state index < -0.39 is 41.2 Å². The summed E-state index contributed by atoms with van der Waals surface area (Å²) in [4.78, 5) is 38.9. The van der Waals surface area contributed by atoms with E-state index in [0.29, 0.717) is 48.9 Å². The Balaban J connectivity index is 1.48. The summed E-state index contributed by atoms with van der Waals surface area (Å²) in [6.45, 7) is -0.647. The number of methoxy groups -OCH3 is 2. The molecule has 1 saturated heterocycles. The Labute approximate surface area is 255 Å². The number of carbonyl (C=O) groups is 3. The van der Waals surface area contributed by atoms with Gasteiger partial charge in [0.15, 0.2) is 11.5 Å². The number of carbonyl (C=O) groups excluding carboxylic acids is 3. The van der Waals surface area contributed by atoms with Crippen LogP contribution < -0.4 is 19.5 Å². The Morgan fingerprint density at radius 1 is 1.05 bits per heavy atom. The number of nitrogens with zero attached hydrogens (tertiary/aromatic N) is 1. The second-order valence-corrected chi connectivity index (χ2v) is 10.8. The molecule has 4 rings (SSSR count). The van der Waals surface area contributed by atoms with Gasteiger partial charge < -0.3 is 19.5 Å². The fourth-order valence-corrected chi connectivity index (χ4v) is 5.47. The van der Waals surface area contributed by atoms with Gasteiger partial charge >= 0.3 is 6.18 Å². The van der Waals surface area contributed by atoms with E-state index in [1.807, 2.05) is 22.6 Å². The lowest BCUT2D eigenvalue weighted by atomic mass is 10.1. The zero-order valence-electron chi connectivity index (χ0n) is 21.9. The van der Waals surface area contributed by atoms with E-state index in [2.05, 4.69) is 5.32 Å². The first kappa shape index (κ1) is 31.2. The monoisotopic (exact) mass is 716 g/mol. The summed E-state index contributed by atoms with van der Waals surface area (Å²) in [5.41, 5.74) is -0.163. The number of imide groups is 1. The summed E-state index contributed by atoms with van der Waals surface area (Å²) in [5, 5.41) is 1.54. The molecule has 1 N–H and O–H groups in total. The number of nitrogens with one attached hydrogen (secondary N) is 1. The number of halogens is 5. The van der Waals surface area contributed by atoms with Gasteiger partial charge in [0, 0.05) is 0 Å². The van der Waals surface area contributed by atoms with E-state index in [1.54, 1.807) is 24.3 Å². The number of rotatable bonds is 9. The summed E-state index contributed by atoms with van der Waals surface area (Å²) in [7, 11) is 2.65. The van der Waals surface area contributed by atoms with E-state index in [0.717, 1.165) is 12.1 Å². The van der Waals surface area contributed by atoms with Crippen LogP contribution in [0.4, 0.5) is 28.0 Å². The van der Waals surface area contributed by atoms with Crippen molar-refractivity contribution in [3.05, 3.63) is 85.6 Å². The first-order valence-electron chi connectivity index (χ1n) is 11.9. The summed E-state index contributed by atoms with van der Waals surface area (Å²) >= 11 is 2.62. The van der Waals surface area contributed by atoms with Crippen molar-refractivity contribution in [2.75, 3.05) is 26.1 Å². The fraction of sp³-hybridized carbons (Fsp3) is 0.179. The average molecular weight is 716 g/mol. The van der Waals surface area contributed by atoms with Gasteiger partial charge in [-0.3, -0.25) is 19.3 Å². The first-order chi connectivity index (χ1) is 19.9. The van der Waals surface area contributed by atoms with Crippen molar-refractivity contribution in [3.8, 4) is 17.2 Å². The van der Waals surface area contributed by atoms with Crippen LogP contribution >= 0.6 is 34.4 Å². The molecular weight excluding hydrogens is 695 g/mol. The molecule has 0 bridgehead atoms. The van der Waals surface area contributed by atoms with Crippen LogP contribution in [0, 0.1) is 9.39 Å². The number of alkyl halides is 3. The third-order valence-electron chi connectivity index (χ3n) is 5.80. The van der Waals surface area contributed by atoms with E-state index in [-0.39, 0.29) is 22.9 Å². The summed E-state index contributed by atoms with van der Waals surface area (Å²) in [6, 6.07) is 11.8. The number of thioether (sulfide) groups is 1. The maximum Gasteiger partial charge on any atom is 0.416 e. The molecule has 0 saturated carbocycles. The molecule has 3 amide bonds. The zero-order chi connectivity index (χ0) is 30.6. The van der Waals surface area contributed by atoms with Gasteiger partial charge in [0.25, 0.3) is 11.1 Å². The summed E-state index contributed by atoms with van der Waals surface area (Å²) < 4.78 is 69.8. The number of anilines is 1. The topological polar surface area (TPSA) is 94.2 Å². The van der Waals surface area contributed by atoms with Gasteiger partial charge in [-0.1, -0.05) is 12.1 Å². The molecule has 1 heterocycles. The number of hydrogen-bond acceptors (Lipinski definition) is 7. The minimum Gasteiger partial charge on any atom is -0.495 e. The zero-order valence-corrected chi connectivity index (χ0v) is 24.9. The Hall–Kier alpha value is -3.79. The molecule has 220 valence electrons. The van der Waals surface area contributed by atoms with Gasteiger partial charge in [-0.25, -0.2) is 4.39 Å². The van der Waals surface area contributed by atoms with E-state index in [9.17, 15) is 31.9 Å². The van der Waals surface area contributed by atoms with Crippen LogP contribution in [0.25, 0.3) is 6.08 Å². The van der Waals surface area contributed by atoms with Crippen molar-refractivity contribution in [1.82, 2.24) is 4.90 Å². The Kier molecular flexibility index (Phi) is 9.66. The lowest BCUT2D eigenvalue weighted by Crippen LogP contribution is -2.36. The second kappa shape index (κ2) is 13.0. The third-order valence-corrected chi connectivity index (χ3v) is 7.51. The Bertz CT molecular complexity index is 1580. The van der Waals surface area contributed by atoms with Crippen LogP contribution in [0.1, 0.15) is 16.7 Å².